The Morgan fingerprint density at radius 2 is 2.09 bits per heavy atom. The summed E-state index contributed by atoms with van der Waals surface area (Å²) >= 11 is 1.46. The average molecular weight is 324 g/mol. The first-order chi connectivity index (χ1) is 11.1. The van der Waals surface area contributed by atoms with E-state index in [0.717, 1.165) is 21.6 Å². The van der Waals surface area contributed by atoms with Crippen LogP contribution in [-0.2, 0) is 6.42 Å². The third kappa shape index (κ3) is 2.90. The van der Waals surface area contributed by atoms with Crippen molar-refractivity contribution in [2.45, 2.75) is 11.3 Å². The molecule has 1 heterocycles. The molecule has 2 aromatic carbocycles. The fraction of sp³-hybridized carbons (Fsp3) is 0.105. The van der Waals surface area contributed by atoms with E-state index < -0.39 is 0 Å². The van der Waals surface area contributed by atoms with Crippen LogP contribution in [0.1, 0.15) is 21.5 Å². The number of carbonyl (C=O) groups is 1. The van der Waals surface area contributed by atoms with Gasteiger partial charge in [0.15, 0.2) is 11.5 Å². The summed E-state index contributed by atoms with van der Waals surface area (Å²) in [5.41, 5.74) is 2.28. The zero-order valence-corrected chi connectivity index (χ0v) is 13.5. The zero-order valence-electron chi connectivity index (χ0n) is 12.7. The first-order valence-electron chi connectivity index (χ1n) is 7.18. The van der Waals surface area contributed by atoms with E-state index in [2.05, 4.69) is 6.58 Å². The number of carbonyl (C=O) groups excluding carboxylic acids is 1. The van der Waals surface area contributed by atoms with Crippen molar-refractivity contribution in [1.82, 2.24) is 0 Å². The van der Waals surface area contributed by atoms with E-state index in [-0.39, 0.29) is 11.5 Å². The number of Topliss-reactive ketones (excluding diaryl/α,β-unsaturated/α-hetero) is 1. The highest BCUT2D eigenvalue weighted by Crippen LogP contribution is 2.41. The second-order valence-corrected chi connectivity index (χ2v) is 6.24. The molecule has 3 nitrogen and oxygen atoms in total. The van der Waals surface area contributed by atoms with Gasteiger partial charge in [0.25, 0.3) is 0 Å². The Morgan fingerprint density at radius 3 is 2.78 bits per heavy atom. The summed E-state index contributed by atoms with van der Waals surface area (Å²) < 4.78 is 5.22. The maximum absolute atomic E-state index is 12.4. The predicted octanol–water partition coefficient (Wildman–Crippen LogP) is 4.46. The van der Waals surface area contributed by atoms with Crippen molar-refractivity contribution in [1.29, 1.82) is 0 Å². The summed E-state index contributed by atoms with van der Waals surface area (Å²) in [5.74, 6) is 0.537. The van der Waals surface area contributed by atoms with E-state index in [0.29, 0.717) is 17.1 Å². The van der Waals surface area contributed by atoms with Crippen LogP contribution < -0.4 is 4.74 Å². The number of ether oxygens (including phenoxy) is 1. The molecule has 0 fully saturated rings. The molecule has 0 unspecified atom stereocenters. The van der Waals surface area contributed by atoms with Gasteiger partial charge in [0.05, 0.1) is 12.0 Å². The van der Waals surface area contributed by atoms with Crippen LogP contribution in [0.15, 0.2) is 58.9 Å². The highest BCUT2D eigenvalue weighted by atomic mass is 32.2. The van der Waals surface area contributed by atoms with Gasteiger partial charge in [0.2, 0.25) is 5.78 Å². The highest BCUT2D eigenvalue weighted by Gasteiger charge is 2.25. The highest BCUT2D eigenvalue weighted by molar-refractivity contribution is 8.04. The van der Waals surface area contributed by atoms with E-state index in [4.69, 9.17) is 4.74 Å². The maximum Gasteiger partial charge on any atom is 0.200 e. The second-order valence-electron chi connectivity index (χ2n) is 5.16. The van der Waals surface area contributed by atoms with Crippen molar-refractivity contribution >= 4 is 23.6 Å². The van der Waals surface area contributed by atoms with Gasteiger partial charge in [-0.15, -0.1) is 6.58 Å². The molecular formula is C19H16O3S. The Kier molecular flexibility index (Phi) is 4.26. The summed E-state index contributed by atoms with van der Waals surface area (Å²) in [6.45, 7) is 3.70. The summed E-state index contributed by atoms with van der Waals surface area (Å²) in [6, 6.07) is 11.2. The third-order valence-electron chi connectivity index (χ3n) is 3.63. The van der Waals surface area contributed by atoms with Crippen LogP contribution in [0.5, 0.6) is 11.5 Å². The number of benzene rings is 2. The number of aromatic hydroxyl groups is 1. The van der Waals surface area contributed by atoms with Gasteiger partial charge in [-0.25, -0.2) is 0 Å². The lowest BCUT2D eigenvalue weighted by atomic mass is 10.0. The van der Waals surface area contributed by atoms with E-state index in [9.17, 15) is 9.90 Å². The Hall–Kier alpha value is -2.46. The van der Waals surface area contributed by atoms with E-state index in [1.54, 1.807) is 12.1 Å². The third-order valence-corrected chi connectivity index (χ3v) is 4.73. The summed E-state index contributed by atoms with van der Waals surface area (Å²) in [7, 11) is 1.51. The summed E-state index contributed by atoms with van der Waals surface area (Å²) in [4.78, 5) is 14.1. The van der Waals surface area contributed by atoms with E-state index in [1.165, 1.54) is 18.9 Å². The minimum atomic E-state index is 0.0305. The number of fused-ring (bicyclic) bond motifs is 1. The SMILES string of the molecule is C=CCc1cc(/C=C2\Sc3ccccc3C2=O)cc(OC)c1O. The van der Waals surface area contributed by atoms with Crippen LogP contribution in [0.25, 0.3) is 6.08 Å². The van der Waals surface area contributed by atoms with Crippen LogP contribution in [0.2, 0.25) is 0 Å². The molecule has 0 aliphatic carbocycles. The Labute approximate surface area is 139 Å². The number of allylic oxidation sites excluding steroid dienone is 2. The molecular weight excluding hydrogens is 308 g/mol. The molecule has 1 N–H and O–H groups in total. The summed E-state index contributed by atoms with van der Waals surface area (Å²) in [5, 5.41) is 10.1. The summed E-state index contributed by atoms with van der Waals surface area (Å²) in [6.07, 6.45) is 4.08. The van der Waals surface area contributed by atoms with Crippen molar-refractivity contribution < 1.29 is 14.6 Å². The number of phenolic OH excluding ortho intramolecular Hbond substituents is 1. The second kappa shape index (κ2) is 6.34. The molecule has 0 spiro atoms. The van der Waals surface area contributed by atoms with Gasteiger partial charge in [-0.05, 0) is 42.3 Å². The minimum absolute atomic E-state index is 0.0305. The van der Waals surface area contributed by atoms with Crippen molar-refractivity contribution in [3.8, 4) is 11.5 Å². The molecule has 4 heteroatoms. The quantitative estimate of drug-likeness (QED) is 0.666. The molecule has 0 aromatic heterocycles. The fourth-order valence-corrected chi connectivity index (χ4v) is 3.58. The van der Waals surface area contributed by atoms with Crippen molar-refractivity contribution in [3.63, 3.8) is 0 Å². The molecule has 0 bridgehead atoms. The van der Waals surface area contributed by atoms with Gasteiger partial charge in [-0.1, -0.05) is 30.0 Å². The molecule has 0 saturated heterocycles. The van der Waals surface area contributed by atoms with Gasteiger partial charge in [0, 0.05) is 16.0 Å². The van der Waals surface area contributed by atoms with Crippen molar-refractivity contribution in [2.24, 2.45) is 0 Å². The number of hydrogen-bond donors (Lipinski definition) is 1. The number of ketones is 1. The Morgan fingerprint density at radius 1 is 1.30 bits per heavy atom. The molecule has 0 radical (unpaired) electrons. The van der Waals surface area contributed by atoms with Crippen molar-refractivity contribution in [3.05, 3.63) is 70.6 Å². The first kappa shape index (κ1) is 15.4. The number of rotatable bonds is 4. The molecule has 2 aromatic rings. The molecule has 3 rings (SSSR count). The molecule has 0 atom stereocenters. The van der Waals surface area contributed by atoms with Crippen LogP contribution in [0.3, 0.4) is 0 Å². The van der Waals surface area contributed by atoms with Crippen LogP contribution in [-0.4, -0.2) is 18.0 Å². The average Bonchev–Trinajstić information content (AvgIpc) is 2.87. The van der Waals surface area contributed by atoms with Gasteiger partial charge >= 0.3 is 0 Å². The molecule has 0 saturated carbocycles. The van der Waals surface area contributed by atoms with Crippen LogP contribution in [0.4, 0.5) is 0 Å². The number of thioether (sulfide) groups is 1. The Balaban J connectivity index is 2.02. The number of phenols is 1. The van der Waals surface area contributed by atoms with Gasteiger partial charge in [0.1, 0.15) is 0 Å². The lowest BCUT2D eigenvalue weighted by Crippen LogP contribution is -1.95. The van der Waals surface area contributed by atoms with Crippen molar-refractivity contribution in [2.75, 3.05) is 7.11 Å². The molecule has 116 valence electrons. The first-order valence-corrected chi connectivity index (χ1v) is 7.99. The topological polar surface area (TPSA) is 46.5 Å². The molecule has 1 aliphatic rings. The van der Waals surface area contributed by atoms with Gasteiger partial charge < -0.3 is 9.84 Å². The smallest absolute Gasteiger partial charge is 0.200 e. The maximum atomic E-state index is 12.4. The molecule has 0 amide bonds. The van der Waals surface area contributed by atoms with Crippen LogP contribution in [0, 0.1) is 0 Å². The minimum Gasteiger partial charge on any atom is -0.504 e. The predicted molar refractivity (Wildman–Crippen MR) is 93.2 cm³/mol. The molecule has 23 heavy (non-hydrogen) atoms. The zero-order chi connectivity index (χ0) is 16.4. The molecule has 1 aliphatic heterocycles. The lowest BCUT2D eigenvalue weighted by Gasteiger charge is -2.09. The lowest BCUT2D eigenvalue weighted by molar-refractivity contribution is 0.104. The number of methoxy groups -OCH3 is 1. The van der Waals surface area contributed by atoms with E-state index in [1.807, 2.05) is 36.4 Å². The fourth-order valence-electron chi connectivity index (χ4n) is 2.53. The van der Waals surface area contributed by atoms with Gasteiger partial charge in [-0.3, -0.25) is 4.79 Å². The van der Waals surface area contributed by atoms with E-state index >= 15 is 0 Å². The monoisotopic (exact) mass is 324 g/mol. The van der Waals surface area contributed by atoms with Crippen LogP contribution >= 0.6 is 11.8 Å². The number of hydrogen-bond acceptors (Lipinski definition) is 4. The van der Waals surface area contributed by atoms with Gasteiger partial charge in [-0.2, -0.15) is 0 Å². The largest absolute Gasteiger partial charge is 0.504 e. The standard InChI is InChI=1S/C19H16O3S/c1-3-6-13-9-12(10-15(22-2)18(13)20)11-17-19(21)14-7-4-5-8-16(14)23-17/h3-5,7-11,20H,1,6H2,2H3/b17-11-. The normalized spacial score (nSPS) is 14.8. The Bertz CT molecular complexity index is 821.